The third-order valence-electron chi connectivity index (χ3n) is 4.66. The van der Waals surface area contributed by atoms with Gasteiger partial charge in [-0.1, -0.05) is 48.9 Å². The molecular weight excluding hydrogens is 398 g/mol. The second-order valence-corrected chi connectivity index (χ2v) is 7.44. The number of amides is 1. The Hall–Kier alpha value is -3.14. The Kier molecular flexibility index (Phi) is 7.61. The number of nitrogens with one attached hydrogen (secondary N) is 1. The molecule has 0 bridgehead atoms. The summed E-state index contributed by atoms with van der Waals surface area (Å²) in [4.78, 5) is 14.8. The first kappa shape index (κ1) is 21.6. The molecule has 0 radical (unpaired) electrons. The lowest BCUT2D eigenvalue weighted by atomic mass is 10.1. The van der Waals surface area contributed by atoms with Gasteiger partial charge in [-0.05, 0) is 42.3 Å². The van der Waals surface area contributed by atoms with Crippen molar-refractivity contribution in [2.75, 3.05) is 18.4 Å². The van der Waals surface area contributed by atoms with E-state index in [1.165, 1.54) is 0 Å². The monoisotopic (exact) mass is 421 g/mol. The molecule has 0 spiro atoms. The van der Waals surface area contributed by atoms with E-state index in [-0.39, 0.29) is 12.5 Å². The van der Waals surface area contributed by atoms with Gasteiger partial charge in [0.15, 0.2) is 0 Å². The summed E-state index contributed by atoms with van der Waals surface area (Å²) >= 11 is 6.25. The highest BCUT2D eigenvalue weighted by atomic mass is 35.5. The number of aromatic nitrogens is 2. The van der Waals surface area contributed by atoms with E-state index in [1.54, 1.807) is 29.1 Å². The summed E-state index contributed by atoms with van der Waals surface area (Å²) in [5.74, 6) is 0.535. The molecule has 0 aliphatic heterocycles. The lowest BCUT2D eigenvalue weighted by Gasteiger charge is -2.21. The molecule has 0 fully saturated rings. The quantitative estimate of drug-likeness (QED) is 0.558. The minimum Gasteiger partial charge on any atom is -0.310 e. The van der Waals surface area contributed by atoms with Gasteiger partial charge >= 0.3 is 0 Å². The zero-order valence-electron chi connectivity index (χ0n) is 16.9. The Morgan fingerprint density at radius 2 is 1.97 bits per heavy atom. The number of hydrogen-bond donors (Lipinski definition) is 1. The van der Waals surface area contributed by atoms with Crippen molar-refractivity contribution in [3.05, 3.63) is 82.5 Å². The highest BCUT2D eigenvalue weighted by Gasteiger charge is 2.14. The number of carbonyl (C=O) groups is 1. The Balaban J connectivity index is 1.62. The second-order valence-electron chi connectivity index (χ2n) is 7.03. The van der Waals surface area contributed by atoms with Gasteiger partial charge in [0, 0.05) is 17.6 Å². The average molecular weight is 422 g/mol. The third kappa shape index (κ3) is 5.93. The maximum atomic E-state index is 12.7. The zero-order chi connectivity index (χ0) is 21.3. The molecular formula is C23H24ClN5O. The predicted molar refractivity (Wildman–Crippen MR) is 118 cm³/mol. The first-order valence-corrected chi connectivity index (χ1v) is 10.2. The van der Waals surface area contributed by atoms with Gasteiger partial charge in [0.25, 0.3) is 0 Å². The fraction of sp³-hybridized carbons (Fsp3) is 0.261. The van der Waals surface area contributed by atoms with E-state index in [4.69, 9.17) is 16.9 Å². The van der Waals surface area contributed by atoms with Crippen molar-refractivity contribution in [1.82, 2.24) is 14.7 Å². The molecule has 6 nitrogen and oxygen atoms in total. The van der Waals surface area contributed by atoms with Crippen molar-refractivity contribution in [3.63, 3.8) is 0 Å². The number of rotatable bonds is 9. The summed E-state index contributed by atoms with van der Waals surface area (Å²) in [6, 6.07) is 18.9. The first-order chi connectivity index (χ1) is 14.6. The summed E-state index contributed by atoms with van der Waals surface area (Å²) in [7, 11) is 0. The van der Waals surface area contributed by atoms with Crippen LogP contribution in [0.5, 0.6) is 0 Å². The topological polar surface area (TPSA) is 74.0 Å². The lowest BCUT2D eigenvalue weighted by molar-refractivity contribution is -0.117. The number of nitriles is 1. The minimum atomic E-state index is -0.0991. The van der Waals surface area contributed by atoms with E-state index in [9.17, 15) is 4.79 Å². The van der Waals surface area contributed by atoms with E-state index >= 15 is 0 Å². The standard InChI is InChI=1S/C23H24ClN5O/c1-2-13-28(15-19-9-7-18(14-25)8-10-19)17-23(30)27-22-11-12-26-29(22)16-20-5-3-4-6-21(20)24/h3-12H,2,13,15-17H2,1H3,(H,27,30). The fourth-order valence-corrected chi connectivity index (χ4v) is 3.41. The Labute approximate surface area is 181 Å². The van der Waals surface area contributed by atoms with Gasteiger partial charge < -0.3 is 5.32 Å². The van der Waals surface area contributed by atoms with E-state index in [0.717, 1.165) is 24.1 Å². The largest absolute Gasteiger partial charge is 0.310 e. The number of halogens is 1. The molecule has 30 heavy (non-hydrogen) atoms. The van der Waals surface area contributed by atoms with Gasteiger partial charge in [0.1, 0.15) is 5.82 Å². The van der Waals surface area contributed by atoms with E-state index in [1.807, 2.05) is 36.4 Å². The SMILES string of the molecule is CCCN(CC(=O)Nc1ccnn1Cc1ccccc1Cl)Cc1ccc(C#N)cc1. The molecule has 0 saturated heterocycles. The Bertz CT molecular complexity index is 1020. The highest BCUT2D eigenvalue weighted by Crippen LogP contribution is 2.18. The minimum absolute atomic E-state index is 0.0991. The molecule has 3 aromatic rings. The normalized spacial score (nSPS) is 10.7. The maximum absolute atomic E-state index is 12.7. The number of carbonyl (C=O) groups excluding carboxylic acids is 1. The Morgan fingerprint density at radius 1 is 1.20 bits per heavy atom. The lowest BCUT2D eigenvalue weighted by Crippen LogP contribution is -2.34. The van der Waals surface area contributed by atoms with Crippen LogP contribution in [0.3, 0.4) is 0 Å². The van der Waals surface area contributed by atoms with Gasteiger partial charge in [-0.25, -0.2) is 4.68 Å². The molecule has 7 heteroatoms. The van der Waals surface area contributed by atoms with Crippen molar-refractivity contribution in [2.45, 2.75) is 26.4 Å². The maximum Gasteiger partial charge on any atom is 0.239 e. The second kappa shape index (κ2) is 10.6. The molecule has 0 unspecified atom stereocenters. The molecule has 0 aliphatic carbocycles. The van der Waals surface area contributed by atoms with Gasteiger partial charge in [-0.3, -0.25) is 9.69 Å². The molecule has 0 atom stereocenters. The smallest absolute Gasteiger partial charge is 0.239 e. The van der Waals surface area contributed by atoms with Crippen LogP contribution in [-0.4, -0.2) is 33.7 Å². The van der Waals surface area contributed by atoms with Crippen molar-refractivity contribution < 1.29 is 4.79 Å². The van der Waals surface area contributed by atoms with E-state index in [0.29, 0.717) is 29.5 Å². The molecule has 1 heterocycles. The molecule has 154 valence electrons. The molecule has 1 aromatic heterocycles. The molecule has 0 aliphatic rings. The summed E-state index contributed by atoms with van der Waals surface area (Å²) in [6.45, 7) is 4.28. The first-order valence-electron chi connectivity index (χ1n) is 9.85. The van der Waals surface area contributed by atoms with Gasteiger partial charge in [0.05, 0.1) is 30.9 Å². The van der Waals surface area contributed by atoms with Crippen molar-refractivity contribution in [3.8, 4) is 6.07 Å². The van der Waals surface area contributed by atoms with Crippen molar-refractivity contribution in [1.29, 1.82) is 5.26 Å². The van der Waals surface area contributed by atoms with Crippen LogP contribution in [0.2, 0.25) is 5.02 Å². The van der Waals surface area contributed by atoms with Gasteiger partial charge in [-0.15, -0.1) is 0 Å². The number of nitrogens with zero attached hydrogens (tertiary/aromatic N) is 4. The molecule has 0 saturated carbocycles. The van der Waals surface area contributed by atoms with Crippen LogP contribution in [0.1, 0.15) is 30.0 Å². The molecule has 1 N–H and O–H groups in total. The van der Waals surface area contributed by atoms with Gasteiger partial charge in [0.2, 0.25) is 5.91 Å². The number of anilines is 1. The van der Waals surface area contributed by atoms with Crippen LogP contribution in [0.25, 0.3) is 0 Å². The van der Waals surface area contributed by atoms with Crippen molar-refractivity contribution in [2.24, 2.45) is 0 Å². The number of hydrogen-bond acceptors (Lipinski definition) is 4. The van der Waals surface area contributed by atoms with Crippen LogP contribution < -0.4 is 5.32 Å². The molecule has 3 rings (SSSR count). The summed E-state index contributed by atoms with van der Waals surface area (Å²) in [5, 5.41) is 16.9. The van der Waals surface area contributed by atoms with Crippen LogP contribution in [0.4, 0.5) is 5.82 Å². The van der Waals surface area contributed by atoms with Crippen LogP contribution >= 0.6 is 11.6 Å². The van der Waals surface area contributed by atoms with Crippen LogP contribution in [0.15, 0.2) is 60.8 Å². The Morgan fingerprint density at radius 3 is 2.67 bits per heavy atom. The van der Waals surface area contributed by atoms with E-state index < -0.39 is 0 Å². The summed E-state index contributed by atoms with van der Waals surface area (Å²) in [6.07, 6.45) is 2.60. The summed E-state index contributed by atoms with van der Waals surface area (Å²) < 4.78 is 1.73. The zero-order valence-corrected chi connectivity index (χ0v) is 17.6. The molecule has 2 aromatic carbocycles. The average Bonchev–Trinajstić information content (AvgIpc) is 3.17. The van der Waals surface area contributed by atoms with E-state index in [2.05, 4.69) is 28.3 Å². The van der Waals surface area contributed by atoms with Crippen LogP contribution in [-0.2, 0) is 17.9 Å². The van der Waals surface area contributed by atoms with Gasteiger partial charge in [-0.2, -0.15) is 10.4 Å². The van der Waals surface area contributed by atoms with Crippen LogP contribution in [0, 0.1) is 11.3 Å². The van der Waals surface area contributed by atoms with Crippen molar-refractivity contribution >= 4 is 23.3 Å². The summed E-state index contributed by atoms with van der Waals surface area (Å²) in [5.41, 5.74) is 2.64. The predicted octanol–water partition coefficient (Wildman–Crippen LogP) is 4.31. The highest BCUT2D eigenvalue weighted by molar-refractivity contribution is 6.31. The molecule has 1 amide bonds. The number of benzene rings is 2. The third-order valence-corrected chi connectivity index (χ3v) is 5.03. The fourth-order valence-electron chi connectivity index (χ4n) is 3.21.